The molecule has 0 unspecified atom stereocenters. The Morgan fingerprint density at radius 1 is 1.15 bits per heavy atom. The maximum Gasteiger partial charge on any atom is 0.261 e. The van der Waals surface area contributed by atoms with Crippen LogP contribution in [-0.2, 0) is 0 Å². The van der Waals surface area contributed by atoms with Crippen LogP contribution in [-0.4, -0.2) is 16.8 Å². The molecular formula is C14H9FN2O2S. The molecule has 6 heteroatoms. The molecular weight excluding hydrogens is 279 g/mol. The summed E-state index contributed by atoms with van der Waals surface area (Å²) in [6, 6.07) is 7.47. The molecule has 1 aliphatic rings. The molecule has 1 aliphatic heterocycles. The Morgan fingerprint density at radius 2 is 1.85 bits per heavy atom. The van der Waals surface area contributed by atoms with Crippen LogP contribution < -0.4 is 5.32 Å². The summed E-state index contributed by atoms with van der Waals surface area (Å²) in [7, 11) is 0. The second-order valence-electron chi connectivity index (χ2n) is 4.33. The van der Waals surface area contributed by atoms with E-state index in [-0.39, 0.29) is 11.4 Å². The fourth-order valence-electron chi connectivity index (χ4n) is 1.96. The normalized spacial score (nSPS) is 13.3. The lowest BCUT2D eigenvalue weighted by molar-refractivity contribution is 0.0878. The lowest BCUT2D eigenvalue weighted by Crippen LogP contribution is -2.20. The second kappa shape index (κ2) is 4.72. The van der Waals surface area contributed by atoms with E-state index in [2.05, 4.69) is 10.3 Å². The SMILES string of the molecule is Cc1cc2c(c(Sc3ccc(F)cc3)n1)C(=O)NC2=O. The van der Waals surface area contributed by atoms with Gasteiger partial charge in [-0.25, -0.2) is 9.37 Å². The molecule has 0 bridgehead atoms. The number of aryl methyl sites for hydroxylation is 1. The number of imide groups is 1. The van der Waals surface area contributed by atoms with E-state index in [9.17, 15) is 14.0 Å². The maximum atomic E-state index is 12.9. The van der Waals surface area contributed by atoms with E-state index in [0.29, 0.717) is 16.3 Å². The van der Waals surface area contributed by atoms with Crippen molar-refractivity contribution in [3.63, 3.8) is 0 Å². The number of hydrogen-bond acceptors (Lipinski definition) is 4. The van der Waals surface area contributed by atoms with Gasteiger partial charge >= 0.3 is 0 Å². The van der Waals surface area contributed by atoms with Crippen LogP contribution in [0.2, 0.25) is 0 Å². The molecule has 2 amide bonds. The highest BCUT2D eigenvalue weighted by molar-refractivity contribution is 7.99. The largest absolute Gasteiger partial charge is 0.288 e. The quantitative estimate of drug-likeness (QED) is 0.863. The zero-order valence-corrected chi connectivity index (χ0v) is 11.3. The third-order valence-corrected chi connectivity index (χ3v) is 3.84. The number of carbonyl (C=O) groups excluding carboxylic acids is 2. The second-order valence-corrected chi connectivity index (χ2v) is 5.39. The van der Waals surface area contributed by atoms with Crippen LogP contribution in [0.4, 0.5) is 4.39 Å². The molecule has 0 radical (unpaired) electrons. The van der Waals surface area contributed by atoms with Gasteiger partial charge in [0.1, 0.15) is 10.8 Å². The van der Waals surface area contributed by atoms with Gasteiger partial charge in [0.25, 0.3) is 11.8 Å². The van der Waals surface area contributed by atoms with Gasteiger partial charge in [-0.3, -0.25) is 14.9 Å². The van der Waals surface area contributed by atoms with Crippen molar-refractivity contribution in [3.05, 3.63) is 53.0 Å². The molecule has 0 spiro atoms. The molecule has 0 saturated heterocycles. The van der Waals surface area contributed by atoms with Gasteiger partial charge < -0.3 is 0 Å². The summed E-state index contributed by atoms with van der Waals surface area (Å²) in [5, 5.41) is 2.71. The first-order valence-corrected chi connectivity index (χ1v) is 6.67. The lowest BCUT2D eigenvalue weighted by Gasteiger charge is -2.06. The van der Waals surface area contributed by atoms with Crippen molar-refractivity contribution in [2.75, 3.05) is 0 Å². The zero-order chi connectivity index (χ0) is 14.3. The van der Waals surface area contributed by atoms with Gasteiger partial charge in [-0.2, -0.15) is 0 Å². The molecule has 0 saturated carbocycles. The van der Waals surface area contributed by atoms with Crippen molar-refractivity contribution >= 4 is 23.6 Å². The average Bonchev–Trinajstić information content (AvgIpc) is 2.67. The minimum absolute atomic E-state index is 0.287. The van der Waals surface area contributed by atoms with E-state index < -0.39 is 11.8 Å². The van der Waals surface area contributed by atoms with E-state index in [1.807, 2.05) is 0 Å². The Hall–Kier alpha value is -2.21. The summed E-state index contributed by atoms with van der Waals surface area (Å²) in [6.45, 7) is 1.76. The highest BCUT2D eigenvalue weighted by Gasteiger charge is 2.31. The Labute approximate surface area is 118 Å². The van der Waals surface area contributed by atoms with Crippen molar-refractivity contribution in [1.29, 1.82) is 0 Å². The summed E-state index contributed by atoms with van der Waals surface area (Å²) in [4.78, 5) is 28.5. The number of hydrogen-bond donors (Lipinski definition) is 1. The summed E-state index contributed by atoms with van der Waals surface area (Å²) in [5.41, 5.74) is 1.28. The first kappa shape index (κ1) is 12.8. The number of rotatable bonds is 2. The van der Waals surface area contributed by atoms with Gasteiger partial charge in [-0.05, 0) is 37.3 Å². The van der Waals surface area contributed by atoms with Crippen LogP contribution in [0.25, 0.3) is 0 Å². The molecule has 2 aromatic rings. The van der Waals surface area contributed by atoms with Gasteiger partial charge in [0.15, 0.2) is 0 Å². The number of benzene rings is 1. The van der Waals surface area contributed by atoms with Crippen molar-refractivity contribution < 1.29 is 14.0 Å². The van der Waals surface area contributed by atoms with E-state index in [1.165, 1.54) is 23.9 Å². The summed E-state index contributed by atoms with van der Waals surface area (Å²) >= 11 is 1.23. The fraction of sp³-hybridized carbons (Fsp3) is 0.0714. The minimum Gasteiger partial charge on any atom is -0.288 e. The molecule has 100 valence electrons. The van der Waals surface area contributed by atoms with E-state index in [1.54, 1.807) is 25.1 Å². The van der Waals surface area contributed by atoms with Crippen molar-refractivity contribution in [2.45, 2.75) is 16.8 Å². The third-order valence-electron chi connectivity index (χ3n) is 2.84. The van der Waals surface area contributed by atoms with Crippen LogP contribution in [0.5, 0.6) is 0 Å². The van der Waals surface area contributed by atoms with E-state index in [0.717, 1.165) is 4.90 Å². The molecule has 0 aliphatic carbocycles. The Kier molecular flexibility index (Phi) is 3.02. The van der Waals surface area contributed by atoms with Crippen LogP contribution >= 0.6 is 11.8 Å². The van der Waals surface area contributed by atoms with Gasteiger partial charge in [0, 0.05) is 10.6 Å². The highest BCUT2D eigenvalue weighted by atomic mass is 32.2. The van der Waals surface area contributed by atoms with Gasteiger partial charge in [0.2, 0.25) is 0 Å². The zero-order valence-electron chi connectivity index (χ0n) is 10.4. The number of nitrogens with zero attached hydrogens (tertiary/aromatic N) is 1. The molecule has 0 fully saturated rings. The fourth-order valence-corrected chi connectivity index (χ4v) is 2.95. The summed E-state index contributed by atoms with van der Waals surface area (Å²) in [5.74, 6) is -1.18. The maximum absolute atomic E-state index is 12.9. The van der Waals surface area contributed by atoms with Crippen LogP contribution in [0.1, 0.15) is 26.4 Å². The van der Waals surface area contributed by atoms with Gasteiger partial charge in [-0.1, -0.05) is 11.8 Å². The number of fused-ring (bicyclic) bond motifs is 1. The number of pyridine rings is 1. The molecule has 3 rings (SSSR count). The van der Waals surface area contributed by atoms with Crippen molar-refractivity contribution in [1.82, 2.24) is 10.3 Å². The third kappa shape index (κ3) is 2.18. The predicted octanol–water partition coefficient (Wildman–Crippen LogP) is 2.56. The van der Waals surface area contributed by atoms with Crippen LogP contribution in [0.15, 0.2) is 40.3 Å². The smallest absolute Gasteiger partial charge is 0.261 e. The Bertz CT molecular complexity index is 729. The lowest BCUT2D eigenvalue weighted by atomic mass is 10.1. The van der Waals surface area contributed by atoms with Gasteiger partial charge in [-0.15, -0.1) is 0 Å². The summed E-state index contributed by atoms with van der Waals surface area (Å²) in [6.07, 6.45) is 0. The van der Waals surface area contributed by atoms with E-state index in [4.69, 9.17) is 0 Å². The molecule has 1 N–H and O–H groups in total. The number of amides is 2. The number of nitrogens with one attached hydrogen (secondary N) is 1. The molecule has 2 heterocycles. The summed E-state index contributed by atoms with van der Waals surface area (Å²) < 4.78 is 12.9. The first-order chi connectivity index (χ1) is 9.54. The average molecular weight is 288 g/mol. The molecule has 1 aromatic carbocycles. The van der Waals surface area contributed by atoms with Crippen LogP contribution in [0, 0.1) is 12.7 Å². The standard InChI is InChI=1S/C14H9FN2O2S/c1-7-6-10-11(13(19)17-12(10)18)14(16-7)20-9-4-2-8(15)3-5-9/h2-6H,1H3,(H,17,18,19). The van der Waals surface area contributed by atoms with Crippen molar-refractivity contribution in [2.24, 2.45) is 0 Å². The minimum atomic E-state index is -0.442. The Morgan fingerprint density at radius 3 is 2.55 bits per heavy atom. The van der Waals surface area contributed by atoms with Gasteiger partial charge in [0.05, 0.1) is 11.1 Å². The topological polar surface area (TPSA) is 59.1 Å². The first-order valence-electron chi connectivity index (χ1n) is 5.85. The molecule has 1 aromatic heterocycles. The van der Waals surface area contributed by atoms with E-state index >= 15 is 0 Å². The number of carbonyl (C=O) groups is 2. The predicted molar refractivity (Wildman–Crippen MR) is 71.3 cm³/mol. The highest BCUT2D eigenvalue weighted by Crippen LogP contribution is 2.32. The van der Waals surface area contributed by atoms with Crippen molar-refractivity contribution in [3.8, 4) is 0 Å². The molecule has 20 heavy (non-hydrogen) atoms. The molecule has 0 atom stereocenters. The monoisotopic (exact) mass is 288 g/mol. The molecule has 4 nitrogen and oxygen atoms in total. The number of halogens is 1. The Balaban J connectivity index is 2.06. The van der Waals surface area contributed by atoms with Crippen LogP contribution in [0.3, 0.4) is 0 Å². The number of aromatic nitrogens is 1.